The van der Waals surface area contributed by atoms with Crippen LogP contribution in [-0.2, 0) is 11.2 Å². The lowest BCUT2D eigenvalue weighted by Gasteiger charge is -2.33. The van der Waals surface area contributed by atoms with Crippen LogP contribution in [0.2, 0.25) is 0 Å². The number of piperazine rings is 1. The monoisotopic (exact) mass is 485 g/mol. The van der Waals surface area contributed by atoms with Gasteiger partial charge >= 0.3 is 5.97 Å². The standard InChI is InChI=1S/C26H27N7O3/c1-36-22-5-3-2-4-18(22)21-8-9-23-29-20-7-6-19(30-25(20)33(21)23)17-14-27-26(28-15-17)32-12-10-31(11-13-32)16-24(34)35/h2-7,14-15,21H,8-13,16H2,1H3,(H,34,35). The number of para-hydroxylation sites is 1. The number of carboxylic acid groups (broad SMARTS) is 1. The van der Waals surface area contributed by atoms with Gasteiger partial charge in [-0.3, -0.25) is 9.69 Å². The van der Waals surface area contributed by atoms with Gasteiger partial charge < -0.3 is 19.3 Å². The fourth-order valence-corrected chi connectivity index (χ4v) is 5.23. The molecule has 10 nitrogen and oxygen atoms in total. The number of carbonyl (C=O) groups is 1. The van der Waals surface area contributed by atoms with Gasteiger partial charge in [0.25, 0.3) is 0 Å². The number of imidazole rings is 1. The highest BCUT2D eigenvalue weighted by atomic mass is 16.5. The quantitative estimate of drug-likeness (QED) is 0.441. The topological polar surface area (TPSA) is 110 Å². The van der Waals surface area contributed by atoms with Gasteiger partial charge in [0.2, 0.25) is 5.95 Å². The van der Waals surface area contributed by atoms with Gasteiger partial charge in [0.05, 0.1) is 25.4 Å². The fourth-order valence-electron chi connectivity index (χ4n) is 5.23. The average molecular weight is 486 g/mol. The summed E-state index contributed by atoms with van der Waals surface area (Å²) in [4.78, 5) is 34.0. The summed E-state index contributed by atoms with van der Waals surface area (Å²) in [7, 11) is 1.71. The summed E-state index contributed by atoms with van der Waals surface area (Å²) in [6.07, 6.45) is 5.46. The number of hydrogen-bond donors (Lipinski definition) is 1. The van der Waals surface area contributed by atoms with Crippen molar-refractivity contribution in [1.29, 1.82) is 0 Å². The molecule has 0 saturated carbocycles. The van der Waals surface area contributed by atoms with Crippen molar-refractivity contribution in [2.24, 2.45) is 0 Å². The van der Waals surface area contributed by atoms with Crippen molar-refractivity contribution in [2.75, 3.05) is 44.7 Å². The molecule has 1 fully saturated rings. The van der Waals surface area contributed by atoms with E-state index in [1.807, 2.05) is 35.2 Å². The van der Waals surface area contributed by atoms with E-state index >= 15 is 0 Å². The summed E-state index contributed by atoms with van der Waals surface area (Å²) in [5.74, 6) is 1.77. The van der Waals surface area contributed by atoms with E-state index in [0.717, 1.165) is 52.4 Å². The predicted molar refractivity (Wildman–Crippen MR) is 134 cm³/mol. The highest BCUT2D eigenvalue weighted by molar-refractivity contribution is 5.76. The van der Waals surface area contributed by atoms with E-state index in [2.05, 4.69) is 25.5 Å². The number of benzene rings is 1. The molecule has 1 atom stereocenters. The van der Waals surface area contributed by atoms with Gasteiger partial charge in [-0.25, -0.2) is 19.9 Å². The normalized spacial score (nSPS) is 17.9. The Morgan fingerprint density at radius 1 is 1.06 bits per heavy atom. The van der Waals surface area contributed by atoms with Crippen molar-refractivity contribution in [1.82, 2.24) is 29.4 Å². The second-order valence-corrected chi connectivity index (χ2v) is 9.16. The SMILES string of the molecule is COc1ccccc1C1CCc2nc3ccc(-c4cnc(N5CCN(CC(=O)O)CC5)nc4)nc3n21. The minimum Gasteiger partial charge on any atom is -0.496 e. The van der Waals surface area contributed by atoms with Gasteiger partial charge in [-0.2, -0.15) is 0 Å². The summed E-state index contributed by atoms with van der Waals surface area (Å²) < 4.78 is 7.87. The van der Waals surface area contributed by atoms with Crippen LogP contribution in [0.4, 0.5) is 5.95 Å². The first kappa shape index (κ1) is 22.4. The number of rotatable bonds is 6. The van der Waals surface area contributed by atoms with Gasteiger partial charge in [-0.15, -0.1) is 0 Å². The summed E-state index contributed by atoms with van der Waals surface area (Å²) in [5.41, 5.74) is 4.52. The van der Waals surface area contributed by atoms with Crippen LogP contribution in [0, 0.1) is 0 Å². The summed E-state index contributed by atoms with van der Waals surface area (Å²) in [6.45, 7) is 2.81. The Labute approximate surface area is 208 Å². The van der Waals surface area contributed by atoms with E-state index in [-0.39, 0.29) is 12.6 Å². The highest BCUT2D eigenvalue weighted by Gasteiger charge is 2.30. The fraction of sp³-hybridized carbons (Fsp3) is 0.346. The van der Waals surface area contributed by atoms with Crippen LogP contribution in [0.25, 0.3) is 22.4 Å². The van der Waals surface area contributed by atoms with Gasteiger partial charge in [0, 0.05) is 56.1 Å². The van der Waals surface area contributed by atoms with Crippen LogP contribution < -0.4 is 9.64 Å². The number of anilines is 1. The van der Waals surface area contributed by atoms with E-state index < -0.39 is 5.97 Å². The molecule has 3 aromatic heterocycles. The molecule has 1 saturated heterocycles. The van der Waals surface area contributed by atoms with Crippen LogP contribution in [-0.4, -0.2) is 80.3 Å². The first-order chi connectivity index (χ1) is 17.6. The average Bonchev–Trinajstić information content (AvgIpc) is 3.48. The minimum atomic E-state index is -0.799. The Morgan fingerprint density at radius 3 is 2.58 bits per heavy atom. The molecule has 0 amide bonds. The number of methoxy groups -OCH3 is 1. The lowest BCUT2D eigenvalue weighted by atomic mass is 10.0. The number of nitrogens with zero attached hydrogens (tertiary/aromatic N) is 7. The lowest BCUT2D eigenvalue weighted by Crippen LogP contribution is -2.48. The Morgan fingerprint density at radius 2 is 1.83 bits per heavy atom. The van der Waals surface area contributed by atoms with Gasteiger partial charge in [0.1, 0.15) is 17.1 Å². The van der Waals surface area contributed by atoms with E-state index in [0.29, 0.717) is 32.1 Å². The van der Waals surface area contributed by atoms with Crippen LogP contribution in [0.15, 0.2) is 48.8 Å². The van der Waals surface area contributed by atoms with Crippen LogP contribution in [0.3, 0.4) is 0 Å². The first-order valence-electron chi connectivity index (χ1n) is 12.1. The van der Waals surface area contributed by atoms with Gasteiger partial charge in [0.15, 0.2) is 5.65 Å². The third-order valence-electron chi connectivity index (χ3n) is 7.01. The first-order valence-corrected chi connectivity index (χ1v) is 12.1. The molecule has 0 radical (unpaired) electrons. The van der Waals surface area contributed by atoms with Crippen molar-refractivity contribution < 1.29 is 14.6 Å². The molecule has 1 N–H and O–H groups in total. The van der Waals surface area contributed by atoms with Crippen molar-refractivity contribution in [3.05, 3.63) is 60.2 Å². The zero-order valence-corrected chi connectivity index (χ0v) is 20.0. The molecule has 1 aromatic carbocycles. The Hall–Kier alpha value is -4.05. The molecule has 2 aliphatic rings. The second-order valence-electron chi connectivity index (χ2n) is 9.16. The number of ether oxygens (including phenoxy) is 1. The molecule has 6 rings (SSSR count). The van der Waals surface area contributed by atoms with E-state index in [9.17, 15) is 4.79 Å². The molecule has 2 aliphatic heterocycles. The van der Waals surface area contributed by atoms with Crippen LogP contribution in [0.1, 0.15) is 23.9 Å². The third kappa shape index (κ3) is 4.03. The van der Waals surface area contributed by atoms with Gasteiger partial charge in [-0.05, 0) is 24.6 Å². The maximum atomic E-state index is 10.9. The molecule has 10 heteroatoms. The summed E-state index contributed by atoms with van der Waals surface area (Å²) >= 11 is 0. The van der Waals surface area contributed by atoms with E-state index in [1.165, 1.54) is 0 Å². The number of carboxylic acids is 1. The maximum absolute atomic E-state index is 10.9. The Balaban J connectivity index is 1.26. The van der Waals surface area contributed by atoms with E-state index in [1.54, 1.807) is 19.5 Å². The number of fused-ring (bicyclic) bond motifs is 3. The maximum Gasteiger partial charge on any atom is 0.317 e. The molecular weight excluding hydrogens is 458 g/mol. The van der Waals surface area contributed by atoms with E-state index in [4.69, 9.17) is 19.8 Å². The zero-order chi connectivity index (χ0) is 24.6. The molecule has 0 bridgehead atoms. The summed E-state index contributed by atoms with van der Waals surface area (Å²) in [5, 5.41) is 8.99. The highest BCUT2D eigenvalue weighted by Crippen LogP contribution is 2.39. The molecule has 0 aliphatic carbocycles. The Bertz CT molecular complexity index is 1410. The van der Waals surface area contributed by atoms with Crippen molar-refractivity contribution in [3.63, 3.8) is 0 Å². The summed E-state index contributed by atoms with van der Waals surface area (Å²) in [6, 6.07) is 12.2. The number of pyridine rings is 1. The number of aryl methyl sites for hydroxylation is 1. The third-order valence-corrected chi connectivity index (χ3v) is 7.01. The van der Waals surface area contributed by atoms with Crippen LogP contribution >= 0.6 is 0 Å². The molecule has 184 valence electrons. The molecule has 1 unspecified atom stereocenters. The van der Waals surface area contributed by atoms with Crippen molar-refractivity contribution >= 4 is 23.1 Å². The molecule has 0 spiro atoms. The molecule has 36 heavy (non-hydrogen) atoms. The minimum absolute atomic E-state index is 0.0675. The van der Waals surface area contributed by atoms with Crippen molar-refractivity contribution in [3.8, 4) is 17.0 Å². The number of aromatic nitrogens is 5. The zero-order valence-electron chi connectivity index (χ0n) is 20.0. The molecular formula is C26H27N7O3. The second kappa shape index (κ2) is 9.19. The molecule has 4 aromatic rings. The number of hydrogen-bond acceptors (Lipinski definition) is 8. The Kier molecular flexibility index (Phi) is 5.73. The van der Waals surface area contributed by atoms with Gasteiger partial charge in [-0.1, -0.05) is 18.2 Å². The lowest BCUT2D eigenvalue weighted by molar-refractivity contribution is -0.138. The predicted octanol–water partition coefficient (Wildman–Crippen LogP) is 2.64. The van der Waals surface area contributed by atoms with Crippen molar-refractivity contribution in [2.45, 2.75) is 18.9 Å². The largest absolute Gasteiger partial charge is 0.496 e. The smallest absolute Gasteiger partial charge is 0.317 e. The molecule has 5 heterocycles. The van der Waals surface area contributed by atoms with Crippen LogP contribution in [0.5, 0.6) is 5.75 Å². The number of aliphatic carboxylic acids is 1.